The molecule has 0 fully saturated rings. The maximum atomic E-state index is 10.9. The van der Waals surface area contributed by atoms with E-state index in [1.54, 1.807) is 0 Å². The third-order valence-corrected chi connectivity index (χ3v) is 9.13. The molecule has 0 saturated heterocycles. The van der Waals surface area contributed by atoms with Gasteiger partial charge in [0.05, 0.1) is 6.10 Å². The Labute approximate surface area is 140 Å². The van der Waals surface area contributed by atoms with Gasteiger partial charge in [0.15, 0.2) is 8.32 Å². The second-order valence-corrected chi connectivity index (χ2v) is 12.2. The largest absolute Gasteiger partial charge is 0.406 e. The van der Waals surface area contributed by atoms with Crippen LogP contribution in [0.2, 0.25) is 18.1 Å². The lowest BCUT2D eigenvalue weighted by Gasteiger charge is -2.39. The first-order valence-electron chi connectivity index (χ1n) is 8.02. The number of aldehydes is 1. The van der Waals surface area contributed by atoms with Crippen LogP contribution in [0, 0.1) is 0 Å². The van der Waals surface area contributed by atoms with Crippen LogP contribution in [0.1, 0.15) is 48.4 Å². The van der Waals surface area contributed by atoms with E-state index in [1.165, 1.54) is 0 Å². The Bertz CT molecular complexity index is 640. The lowest BCUT2D eigenvalue weighted by Crippen LogP contribution is -2.42. The third kappa shape index (κ3) is 4.18. The molecule has 3 heteroatoms. The van der Waals surface area contributed by atoms with Gasteiger partial charge in [-0.3, -0.25) is 4.79 Å². The fourth-order valence-electron chi connectivity index (χ4n) is 2.18. The second-order valence-electron chi connectivity index (χ2n) is 7.45. The summed E-state index contributed by atoms with van der Waals surface area (Å²) in [5, 5.41) is 0.142. The van der Waals surface area contributed by atoms with Gasteiger partial charge in [-0.2, -0.15) is 0 Å². The van der Waals surface area contributed by atoms with E-state index in [-0.39, 0.29) is 11.1 Å². The van der Waals surface area contributed by atoms with Crippen molar-refractivity contribution in [1.82, 2.24) is 0 Å². The fourth-order valence-corrected chi connectivity index (χ4v) is 3.39. The van der Waals surface area contributed by atoms with Crippen LogP contribution in [0.15, 0.2) is 54.6 Å². The monoisotopic (exact) mass is 326 g/mol. The topological polar surface area (TPSA) is 26.3 Å². The third-order valence-electron chi connectivity index (χ3n) is 4.70. The molecule has 0 aliphatic rings. The van der Waals surface area contributed by atoms with Crippen molar-refractivity contribution in [2.75, 3.05) is 0 Å². The molecule has 0 spiro atoms. The quantitative estimate of drug-likeness (QED) is 0.527. The van der Waals surface area contributed by atoms with Crippen LogP contribution in [0.25, 0.3) is 0 Å². The van der Waals surface area contributed by atoms with E-state index in [1.807, 2.05) is 42.5 Å². The van der Waals surface area contributed by atoms with Gasteiger partial charge >= 0.3 is 0 Å². The Morgan fingerprint density at radius 1 is 0.913 bits per heavy atom. The molecule has 23 heavy (non-hydrogen) atoms. The van der Waals surface area contributed by atoms with Gasteiger partial charge in [0.25, 0.3) is 0 Å². The van der Waals surface area contributed by atoms with Gasteiger partial charge < -0.3 is 4.43 Å². The molecule has 0 aliphatic heterocycles. The Kier molecular flexibility index (Phi) is 5.22. The van der Waals surface area contributed by atoms with Crippen LogP contribution in [0.4, 0.5) is 0 Å². The molecule has 2 aromatic carbocycles. The van der Waals surface area contributed by atoms with Gasteiger partial charge in [0, 0.05) is 5.56 Å². The minimum absolute atomic E-state index is 0.0993. The molecule has 0 aromatic heterocycles. The molecule has 0 aliphatic carbocycles. The van der Waals surface area contributed by atoms with Crippen molar-refractivity contribution in [2.45, 2.75) is 45.0 Å². The van der Waals surface area contributed by atoms with Gasteiger partial charge in [-0.05, 0) is 29.3 Å². The summed E-state index contributed by atoms with van der Waals surface area (Å²) < 4.78 is 6.70. The summed E-state index contributed by atoms with van der Waals surface area (Å²) in [4.78, 5) is 10.9. The van der Waals surface area contributed by atoms with E-state index < -0.39 is 8.32 Å². The summed E-state index contributed by atoms with van der Waals surface area (Å²) in [5.74, 6) is 0. The Balaban J connectivity index is 2.42. The van der Waals surface area contributed by atoms with Crippen LogP contribution in [-0.2, 0) is 4.43 Å². The number of benzene rings is 2. The van der Waals surface area contributed by atoms with Crippen LogP contribution in [0.3, 0.4) is 0 Å². The zero-order valence-corrected chi connectivity index (χ0v) is 15.7. The molecule has 122 valence electrons. The minimum atomic E-state index is -1.92. The lowest BCUT2D eigenvalue weighted by atomic mass is 10.0. The van der Waals surface area contributed by atoms with E-state index >= 15 is 0 Å². The Hall–Kier alpha value is -1.71. The molecule has 2 nitrogen and oxygen atoms in total. The van der Waals surface area contributed by atoms with Gasteiger partial charge in [-0.1, -0.05) is 75.4 Å². The zero-order valence-electron chi connectivity index (χ0n) is 14.7. The van der Waals surface area contributed by atoms with E-state index in [0.717, 1.165) is 17.4 Å². The first-order chi connectivity index (χ1) is 10.7. The van der Waals surface area contributed by atoms with Crippen LogP contribution < -0.4 is 0 Å². The number of hydrogen-bond acceptors (Lipinski definition) is 2. The number of carbonyl (C=O) groups excluding carboxylic acids is 1. The highest BCUT2D eigenvalue weighted by molar-refractivity contribution is 6.74. The predicted octanol–water partition coefficient (Wildman–Crippen LogP) is 5.61. The highest BCUT2D eigenvalue weighted by atomic mass is 28.4. The van der Waals surface area contributed by atoms with Gasteiger partial charge in [0.2, 0.25) is 0 Å². The number of rotatable bonds is 5. The van der Waals surface area contributed by atoms with Crippen molar-refractivity contribution in [3.63, 3.8) is 0 Å². The van der Waals surface area contributed by atoms with Crippen LogP contribution in [-0.4, -0.2) is 14.6 Å². The zero-order chi connectivity index (χ0) is 17.1. The first-order valence-corrected chi connectivity index (χ1v) is 10.9. The normalized spacial score (nSPS) is 13.6. The molecule has 0 amide bonds. The minimum Gasteiger partial charge on any atom is -0.406 e. The van der Waals surface area contributed by atoms with E-state index in [2.05, 4.69) is 46.0 Å². The maximum absolute atomic E-state index is 10.9. The maximum Gasteiger partial charge on any atom is 0.193 e. The van der Waals surface area contributed by atoms with E-state index in [9.17, 15) is 4.79 Å². The molecular weight excluding hydrogens is 300 g/mol. The molecule has 0 heterocycles. The van der Waals surface area contributed by atoms with Crippen molar-refractivity contribution in [2.24, 2.45) is 0 Å². The Morgan fingerprint density at radius 3 is 1.91 bits per heavy atom. The van der Waals surface area contributed by atoms with Crippen molar-refractivity contribution in [3.8, 4) is 0 Å². The summed E-state index contributed by atoms with van der Waals surface area (Å²) in [6.45, 7) is 11.3. The van der Waals surface area contributed by atoms with Gasteiger partial charge in [0.1, 0.15) is 6.29 Å². The van der Waals surface area contributed by atoms with E-state index in [0.29, 0.717) is 5.56 Å². The van der Waals surface area contributed by atoms with Crippen molar-refractivity contribution in [3.05, 3.63) is 71.3 Å². The number of hydrogen-bond donors (Lipinski definition) is 0. The van der Waals surface area contributed by atoms with Gasteiger partial charge in [-0.15, -0.1) is 0 Å². The lowest BCUT2D eigenvalue weighted by molar-refractivity contribution is 0.112. The summed E-state index contributed by atoms with van der Waals surface area (Å²) in [5.41, 5.74) is 2.93. The Morgan fingerprint density at radius 2 is 1.43 bits per heavy atom. The summed E-state index contributed by atoms with van der Waals surface area (Å²) >= 11 is 0. The first kappa shape index (κ1) is 17.6. The molecule has 2 rings (SSSR count). The molecule has 0 saturated carbocycles. The second kappa shape index (κ2) is 6.81. The van der Waals surface area contributed by atoms with Crippen LogP contribution in [0.5, 0.6) is 0 Å². The molecule has 1 atom stereocenters. The fraction of sp³-hybridized carbons (Fsp3) is 0.350. The van der Waals surface area contributed by atoms with Crippen molar-refractivity contribution >= 4 is 14.6 Å². The SMILES string of the molecule is CC(C)(C)[Si](C)(C)OC(c1ccccc1)c1ccc(C=O)cc1. The number of carbonyl (C=O) groups is 1. The van der Waals surface area contributed by atoms with E-state index in [4.69, 9.17) is 4.43 Å². The average molecular weight is 327 g/mol. The smallest absolute Gasteiger partial charge is 0.193 e. The molecule has 0 radical (unpaired) electrons. The highest BCUT2D eigenvalue weighted by Gasteiger charge is 2.39. The highest BCUT2D eigenvalue weighted by Crippen LogP contribution is 2.41. The molecule has 0 N–H and O–H groups in total. The molecule has 2 aromatic rings. The molecular formula is C20H26O2Si. The van der Waals surface area contributed by atoms with Crippen molar-refractivity contribution in [1.29, 1.82) is 0 Å². The summed E-state index contributed by atoms with van der Waals surface area (Å²) in [6.07, 6.45) is 0.772. The summed E-state index contributed by atoms with van der Waals surface area (Å²) in [6, 6.07) is 18.0. The average Bonchev–Trinajstić information content (AvgIpc) is 2.52. The van der Waals surface area contributed by atoms with Gasteiger partial charge in [-0.25, -0.2) is 0 Å². The summed E-state index contributed by atoms with van der Waals surface area (Å²) in [7, 11) is -1.92. The van der Waals surface area contributed by atoms with Crippen LogP contribution >= 0.6 is 0 Å². The van der Waals surface area contributed by atoms with Crippen molar-refractivity contribution < 1.29 is 9.22 Å². The molecule has 0 bridgehead atoms. The standard InChI is InChI=1S/C20H26O2Si/c1-20(2,3)23(4,5)22-19(17-9-7-6-8-10-17)18-13-11-16(15-21)12-14-18/h6-15,19H,1-5H3. The predicted molar refractivity (Wildman–Crippen MR) is 98.4 cm³/mol. The molecule has 1 unspecified atom stereocenters.